The highest BCUT2D eigenvalue weighted by atomic mass is 35.5. The molecule has 0 spiro atoms. The Kier molecular flexibility index (Phi) is 8.16. The van der Waals surface area contributed by atoms with Crippen LogP contribution in [0.25, 0.3) is 10.4 Å². The maximum Gasteiger partial charge on any atom is 0.411 e. The lowest BCUT2D eigenvalue weighted by molar-refractivity contribution is -0.305. The van der Waals surface area contributed by atoms with Crippen LogP contribution in [0.4, 0.5) is 13.2 Å². The Labute approximate surface area is 207 Å². The molecular weight excluding hydrogens is 518 g/mol. The van der Waals surface area contributed by atoms with Gasteiger partial charge in [0, 0.05) is 15.4 Å². The van der Waals surface area contributed by atoms with E-state index in [0.29, 0.717) is 15.5 Å². The molecule has 34 heavy (non-hydrogen) atoms. The maximum absolute atomic E-state index is 13.0. The van der Waals surface area contributed by atoms with Crippen LogP contribution < -0.4 is 0 Å². The van der Waals surface area contributed by atoms with Crippen molar-refractivity contribution in [3.63, 3.8) is 0 Å². The number of ether oxygens (including phenoxy) is 4. The molecule has 0 aromatic heterocycles. The first-order valence-electron chi connectivity index (χ1n) is 10.1. The first-order valence-corrected chi connectivity index (χ1v) is 11.7. The van der Waals surface area contributed by atoms with Crippen LogP contribution in [0.15, 0.2) is 58.5 Å². The molecule has 2 aliphatic rings. The number of halogens is 5. The van der Waals surface area contributed by atoms with E-state index in [1.54, 1.807) is 42.5 Å². The van der Waals surface area contributed by atoms with Crippen molar-refractivity contribution in [2.75, 3.05) is 13.2 Å². The zero-order valence-corrected chi connectivity index (χ0v) is 19.6. The summed E-state index contributed by atoms with van der Waals surface area (Å²) in [6, 6.07) is 12.7. The van der Waals surface area contributed by atoms with E-state index in [0.717, 1.165) is 11.8 Å². The van der Waals surface area contributed by atoms with Gasteiger partial charge in [-0.2, -0.15) is 13.2 Å². The molecule has 4 unspecified atom stereocenters. The molecule has 2 fully saturated rings. The monoisotopic (exact) mass is 535 g/mol. The van der Waals surface area contributed by atoms with Gasteiger partial charge < -0.3 is 18.9 Å². The number of rotatable bonds is 6. The zero-order chi connectivity index (χ0) is 24.3. The van der Waals surface area contributed by atoms with E-state index in [2.05, 4.69) is 10.0 Å². The lowest BCUT2D eigenvalue weighted by Gasteiger charge is -2.48. The lowest BCUT2D eigenvalue weighted by atomic mass is 9.96. The Morgan fingerprint density at radius 2 is 1.88 bits per heavy atom. The van der Waals surface area contributed by atoms with E-state index >= 15 is 0 Å². The Balaban J connectivity index is 1.62. The highest BCUT2D eigenvalue weighted by Crippen LogP contribution is 2.42. The summed E-state index contributed by atoms with van der Waals surface area (Å²) in [6.45, 7) is -1.47. The van der Waals surface area contributed by atoms with Gasteiger partial charge in [0.15, 0.2) is 6.29 Å². The van der Waals surface area contributed by atoms with Gasteiger partial charge in [-0.25, -0.2) is 0 Å². The third-order valence-corrected chi connectivity index (χ3v) is 7.03. The minimum absolute atomic E-state index is 0.0755. The van der Waals surface area contributed by atoms with E-state index in [1.807, 2.05) is 6.07 Å². The Hall–Kier alpha value is -1.69. The normalized spacial score (nSPS) is 29.2. The van der Waals surface area contributed by atoms with Crippen molar-refractivity contribution in [3.05, 3.63) is 74.6 Å². The van der Waals surface area contributed by atoms with Crippen molar-refractivity contribution in [3.8, 4) is 0 Å². The summed E-state index contributed by atoms with van der Waals surface area (Å²) in [6.07, 6.45) is -8.27. The van der Waals surface area contributed by atoms with Crippen LogP contribution in [0.2, 0.25) is 10.0 Å². The minimum Gasteiger partial charge on any atom is -0.365 e. The quantitative estimate of drug-likeness (QED) is 0.238. The highest BCUT2D eigenvalue weighted by Gasteiger charge is 2.51. The van der Waals surface area contributed by atoms with Crippen LogP contribution in [0.3, 0.4) is 0 Å². The van der Waals surface area contributed by atoms with Crippen molar-refractivity contribution in [1.82, 2.24) is 0 Å². The predicted molar refractivity (Wildman–Crippen MR) is 120 cm³/mol. The van der Waals surface area contributed by atoms with E-state index in [4.69, 9.17) is 42.1 Å². The third-order valence-electron chi connectivity index (χ3n) is 5.15. The fourth-order valence-corrected chi connectivity index (χ4v) is 5.22. The molecule has 0 radical (unpaired) electrons. The van der Waals surface area contributed by atoms with Gasteiger partial charge >= 0.3 is 6.18 Å². The van der Waals surface area contributed by atoms with Crippen molar-refractivity contribution in [2.45, 2.75) is 47.2 Å². The molecule has 2 aromatic carbocycles. The molecule has 182 valence electrons. The molecule has 0 amide bonds. The summed E-state index contributed by atoms with van der Waals surface area (Å²) < 4.78 is 62.2. The molecule has 2 aromatic rings. The molecule has 0 bridgehead atoms. The van der Waals surface area contributed by atoms with E-state index in [9.17, 15) is 18.7 Å². The average Bonchev–Trinajstić information content (AvgIpc) is 2.81. The van der Waals surface area contributed by atoms with E-state index in [-0.39, 0.29) is 11.6 Å². The van der Waals surface area contributed by atoms with Crippen LogP contribution >= 0.6 is 35.0 Å². The lowest BCUT2D eigenvalue weighted by Crippen LogP contribution is -2.61. The maximum atomic E-state index is 13.0. The fraction of sp³-hybridized carbons (Fsp3) is 0.429. The van der Waals surface area contributed by atoms with Crippen LogP contribution in [-0.4, -0.2) is 49.2 Å². The second kappa shape index (κ2) is 10.9. The van der Waals surface area contributed by atoms with E-state index < -0.39 is 48.9 Å². The second-order valence-electron chi connectivity index (χ2n) is 7.50. The summed E-state index contributed by atoms with van der Waals surface area (Å²) in [7, 11) is 0. The van der Waals surface area contributed by atoms with Crippen LogP contribution in [0, 0.1) is 0 Å². The smallest absolute Gasteiger partial charge is 0.365 e. The summed E-state index contributed by atoms with van der Waals surface area (Å²) in [4.78, 5) is 3.43. The molecule has 2 aliphatic heterocycles. The van der Waals surface area contributed by atoms with Gasteiger partial charge in [-0.05, 0) is 23.7 Å². The van der Waals surface area contributed by atoms with Crippen molar-refractivity contribution in [1.29, 1.82) is 0 Å². The third kappa shape index (κ3) is 6.10. The van der Waals surface area contributed by atoms with Gasteiger partial charge in [-0.1, -0.05) is 70.4 Å². The number of azide groups is 1. The number of hydrogen-bond acceptors (Lipinski definition) is 6. The number of nitrogens with zero attached hydrogens (tertiary/aromatic N) is 3. The van der Waals surface area contributed by atoms with Gasteiger partial charge in [0.1, 0.15) is 30.4 Å². The molecule has 0 saturated carbocycles. The molecule has 13 heteroatoms. The fourth-order valence-electron chi connectivity index (χ4n) is 3.68. The summed E-state index contributed by atoms with van der Waals surface area (Å²) >= 11 is 13.1. The topological polar surface area (TPSA) is 85.7 Å². The van der Waals surface area contributed by atoms with Gasteiger partial charge in [-0.15, -0.1) is 0 Å². The summed E-state index contributed by atoms with van der Waals surface area (Å²) in [5.74, 6) is 0. The van der Waals surface area contributed by atoms with Gasteiger partial charge in [0.25, 0.3) is 0 Å². The van der Waals surface area contributed by atoms with E-state index in [1.165, 1.54) is 0 Å². The van der Waals surface area contributed by atoms with Crippen LogP contribution in [-0.2, 0) is 18.9 Å². The van der Waals surface area contributed by atoms with Crippen LogP contribution in [0.1, 0.15) is 11.9 Å². The Morgan fingerprint density at radius 1 is 1.12 bits per heavy atom. The Morgan fingerprint density at radius 3 is 2.56 bits per heavy atom. The number of alkyl halides is 3. The van der Waals surface area contributed by atoms with Crippen LogP contribution in [0.5, 0.6) is 0 Å². The zero-order valence-electron chi connectivity index (χ0n) is 17.3. The van der Waals surface area contributed by atoms with Crippen molar-refractivity contribution in [2.24, 2.45) is 5.11 Å². The highest BCUT2D eigenvalue weighted by molar-refractivity contribution is 7.99. The van der Waals surface area contributed by atoms with Crippen molar-refractivity contribution >= 4 is 35.0 Å². The second-order valence-corrected chi connectivity index (χ2v) is 9.49. The first kappa shape index (κ1) is 25.4. The van der Waals surface area contributed by atoms with Gasteiger partial charge in [0.05, 0.1) is 22.7 Å². The molecule has 2 saturated heterocycles. The largest absolute Gasteiger partial charge is 0.411 e. The molecule has 0 aliphatic carbocycles. The molecular formula is C21H18Cl2F3N3O4S. The number of fused-ring (bicyclic) bond motifs is 1. The van der Waals surface area contributed by atoms with Gasteiger partial charge in [-0.3, -0.25) is 0 Å². The number of hydrogen-bond donors (Lipinski definition) is 0. The average molecular weight is 536 g/mol. The predicted octanol–water partition coefficient (Wildman–Crippen LogP) is 6.55. The molecule has 7 nitrogen and oxygen atoms in total. The Bertz CT molecular complexity index is 1050. The SMILES string of the molecule is [N-]=[N+]=NC1C(OCC(F)(F)F)[C@@H](Sc2ccc(Cl)c(Cl)c2)OC2COC(c3ccccc3)O[C@@H]21. The van der Waals surface area contributed by atoms with Crippen molar-refractivity contribution < 1.29 is 32.1 Å². The number of thioether (sulfide) groups is 1. The summed E-state index contributed by atoms with van der Waals surface area (Å²) in [5, 5.41) is 4.37. The van der Waals surface area contributed by atoms with Gasteiger partial charge in [0.2, 0.25) is 0 Å². The standard InChI is InChI=1S/C21H18Cl2F3N3O4S/c22-13-7-6-12(8-14(13)23)34-20-18(31-10-21(24,25)26)16(28-29-27)17-15(32-20)9-30-19(33-17)11-4-2-1-3-5-11/h1-8,15-20H,9-10H2/t15?,16?,17-,18?,19?,20+/m0/s1. The minimum atomic E-state index is -4.60. The molecule has 0 N–H and O–H groups in total. The molecule has 4 rings (SSSR count). The molecule has 6 atom stereocenters. The number of benzene rings is 2. The summed E-state index contributed by atoms with van der Waals surface area (Å²) in [5.41, 5.74) is 8.93. The molecule has 2 heterocycles. The first-order chi connectivity index (χ1) is 16.2.